The third-order valence-corrected chi connectivity index (χ3v) is 4.64. The van der Waals surface area contributed by atoms with Crippen LogP contribution in [0.15, 0.2) is 42.5 Å². The molecule has 1 heterocycles. The SMILES string of the molecule is COc1ccc(CCC(=O)Nc2ccc(N3CCCC3=O)cc2)cc1C. The Morgan fingerprint density at radius 2 is 1.96 bits per heavy atom. The fourth-order valence-corrected chi connectivity index (χ4v) is 3.22. The summed E-state index contributed by atoms with van der Waals surface area (Å²) in [6.45, 7) is 2.76. The van der Waals surface area contributed by atoms with Gasteiger partial charge in [-0.05, 0) is 61.2 Å². The molecule has 136 valence electrons. The Hall–Kier alpha value is -2.82. The summed E-state index contributed by atoms with van der Waals surface area (Å²) in [5.41, 5.74) is 3.81. The number of benzene rings is 2. The number of carbonyl (C=O) groups excluding carboxylic acids is 2. The molecule has 0 aliphatic carbocycles. The largest absolute Gasteiger partial charge is 0.496 e. The van der Waals surface area contributed by atoms with E-state index in [2.05, 4.69) is 5.32 Å². The molecular weight excluding hydrogens is 328 g/mol. The summed E-state index contributed by atoms with van der Waals surface area (Å²) < 4.78 is 5.25. The topological polar surface area (TPSA) is 58.6 Å². The first-order chi connectivity index (χ1) is 12.6. The molecule has 0 atom stereocenters. The minimum Gasteiger partial charge on any atom is -0.496 e. The minimum absolute atomic E-state index is 0.0246. The van der Waals surface area contributed by atoms with Crippen molar-refractivity contribution in [2.75, 3.05) is 23.9 Å². The summed E-state index contributed by atoms with van der Waals surface area (Å²) >= 11 is 0. The fraction of sp³-hybridized carbons (Fsp3) is 0.333. The molecule has 1 aliphatic rings. The number of anilines is 2. The van der Waals surface area contributed by atoms with Crippen LogP contribution >= 0.6 is 0 Å². The monoisotopic (exact) mass is 352 g/mol. The van der Waals surface area contributed by atoms with E-state index in [0.717, 1.165) is 41.2 Å². The van der Waals surface area contributed by atoms with E-state index in [9.17, 15) is 9.59 Å². The molecule has 5 heteroatoms. The van der Waals surface area contributed by atoms with Crippen LogP contribution in [0.3, 0.4) is 0 Å². The van der Waals surface area contributed by atoms with Crippen molar-refractivity contribution in [1.82, 2.24) is 0 Å². The van der Waals surface area contributed by atoms with Crippen molar-refractivity contribution in [2.24, 2.45) is 0 Å². The molecule has 2 aromatic carbocycles. The number of nitrogens with one attached hydrogen (secondary N) is 1. The van der Waals surface area contributed by atoms with Crippen LogP contribution < -0.4 is 15.0 Å². The summed E-state index contributed by atoms with van der Waals surface area (Å²) in [7, 11) is 1.65. The summed E-state index contributed by atoms with van der Waals surface area (Å²) in [6.07, 6.45) is 2.61. The maximum Gasteiger partial charge on any atom is 0.227 e. The second-order valence-corrected chi connectivity index (χ2v) is 6.55. The lowest BCUT2D eigenvalue weighted by Crippen LogP contribution is -2.23. The van der Waals surface area contributed by atoms with Gasteiger partial charge in [0.25, 0.3) is 0 Å². The Balaban J connectivity index is 1.53. The molecule has 1 aliphatic heterocycles. The highest BCUT2D eigenvalue weighted by Crippen LogP contribution is 2.23. The molecule has 0 unspecified atom stereocenters. The molecule has 1 N–H and O–H groups in total. The van der Waals surface area contributed by atoms with E-state index in [1.807, 2.05) is 49.4 Å². The first-order valence-corrected chi connectivity index (χ1v) is 8.90. The zero-order valence-electron chi connectivity index (χ0n) is 15.2. The van der Waals surface area contributed by atoms with Gasteiger partial charge in [-0.3, -0.25) is 9.59 Å². The number of carbonyl (C=O) groups is 2. The minimum atomic E-state index is -0.0246. The Morgan fingerprint density at radius 3 is 2.58 bits per heavy atom. The van der Waals surface area contributed by atoms with Crippen LogP contribution in [0.4, 0.5) is 11.4 Å². The van der Waals surface area contributed by atoms with Gasteiger partial charge in [0.1, 0.15) is 5.75 Å². The standard InChI is InChI=1S/C21H24N2O3/c1-15-14-16(5-11-19(15)26-2)6-12-20(24)22-17-7-9-18(10-8-17)23-13-3-4-21(23)25/h5,7-11,14H,3-4,6,12-13H2,1-2H3,(H,22,24). The third kappa shape index (κ3) is 4.23. The first kappa shape index (κ1) is 18.0. The van der Waals surface area contributed by atoms with E-state index in [1.54, 1.807) is 12.0 Å². The molecule has 0 spiro atoms. The molecule has 0 radical (unpaired) electrons. The molecule has 2 amide bonds. The molecule has 2 aromatic rings. The summed E-state index contributed by atoms with van der Waals surface area (Å²) in [4.78, 5) is 25.7. The van der Waals surface area contributed by atoms with Gasteiger partial charge < -0.3 is 15.0 Å². The fourth-order valence-electron chi connectivity index (χ4n) is 3.22. The number of amides is 2. The Labute approximate surface area is 154 Å². The Bertz CT molecular complexity index is 799. The number of ether oxygens (including phenoxy) is 1. The maximum atomic E-state index is 12.2. The van der Waals surface area contributed by atoms with E-state index < -0.39 is 0 Å². The van der Waals surface area contributed by atoms with Gasteiger partial charge in [0, 0.05) is 30.8 Å². The predicted molar refractivity (Wildman–Crippen MR) is 103 cm³/mol. The van der Waals surface area contributed by atoms with Gasteiger partial charge in [0.05, 0.1) is 7.11 Å². The summed E-state index contributed by atoms with van der Waals surface area (Å²) in [5.74, 6) is 0.995. The molecule has 3 rings (SSSR count). The van der Waals surface area contributed by atoms with Gasteiger partial charge in [-0.1, -0.05) is 12.1 Å². The van der Waals surface area contributed by atoms with Crippen LogP contribution in [0.2, 0.25) is 0 Å². The number of aryl methyl sites for hydroxylation is 2. The van der Waals surface area contributed by atoms with E-state index in [1.165, 1.54) is 0 Å². The van der Waals surface area contributed by atoms with Gasteiger partial charge in [0.15, 0.2) is 0 Å². The van der Waals surface area contributed by atoms with Gasteiger partial charge in [-0.25, -0.2) is 0 Å². The Kier molecular flexibility index (Phi) is 5.56. The number of nitrogens with zero attached hydrogens (tertiary/aromatic N) is 1. The smallest absolute Gasteiger partial charge is 0.227 e. The van der Waals surface area contributed by atoms with Gasteiger partial charge in [-0.15, -0.1) is 0 Å². The van der Waals surface area contributed by atoms with E-state index in [0.29, 0.717) is 19.3 Å². The second-order valence-electron chi connectivity index (χ2n) is 6.55. The van der Waals surface area contributed by atoms with Crippen LogP contribution in [0, 0.1) is 6.92 Å². The molecule has 26 heavy (non-hydrogen) atoms. The average Bonchev–Trinajstić information content (AvgIpc) is 3.07. The quantitative estimate of drug-likeness (QED) is 0.862. The summed E-state index contributed by atoms with van der Waals surface area (Å²) in [6, 6.07) is 13.4. The van der Waals surface area contributed by atoms with Crippen LogP contribution in [0.25, 0.3) is 0 Å². The van der Waals surface area contributed by atoms with Crippen LogP contribution in [0.1, 0.15) is 30.4 Å². The zero-order valence-corrected chi connectivity index (χ0v) is 15.2. The molecule has 0 saturated carbocycles. The van der Waals surface area contributed by atoms with Crippen molar-refractivity contribution in [1.29, 1.82) is 0 Å². The van der Waals surface area contributed by atoms with Crippen molar-refractivity contribution < 1.29 is 14.3 Å². The van der Waals surface area contributed by atoms with Gasteiger partial charge >= 0.3 is 0 Å². The van der Waals surface area contributed by atoms with Gasteiger partial charge in [-0.2, -0.15) is 0 Å². The van der Waals surface area contributed by atoms with Crippen LogP contribution in [-0.2, 0) is 16.0 Å². The third-order valence-electron chi connectivity index (χ3n) is 4.64. The molecular formula is C21H24N2O3. The average molecular weight is 352 g/mol. The zero-order chi connectivity index (χ0) is 18.5. The van der Waals surface area contributed by atoms with Crippen molar-refractivity contribution in [3.63, 3.8) is 0 Å². The van der Waals surface area contributed by atoms with Crippen molar-refractivity contribution in [2.45, 2.75) is 32.6 Å². The van der Waals surface area contributed by atoms with E-state index in [4.69, 9.17) is 4.74 Å². The van der Waals surface area contributed by atoms with E-state index >= 15 is 0 Å². The van der Waals surface area contributed by atoms with Gasteiger partial charge in [0.2, 0.25) is 11.8 Å². The first-order valence-electron chi connectivity index (χ1n) is 8.90. The highest BCUT2D eigenvalue weighted by Gasteiger charge is 2.21. The normalized spacial score (nSPS) is 13.8. The number of hydrogen-bond acceptors (Lipinski definition) is 3. The van der Waals surface area contributed by atoms with Crippen molar-refractivity contribution >= 4 is 23.2 Å². The lowest BCUT2D eigenvalue weighted by Gasteiger charge is -2.16. The van der Waals surface area contributed by atoms with Crippen molar-refractivity contribution in [3.8, 4) is 5.75 Å². The highest BCUT2D eigenvalue weighted by atomic mass is 16.5. The van der Waals surface area contributed by atoms with Crippen molar-refractivity contribution in [3.05, 3.63) is 53.6 Å². The maximum absolute atomic E-state index is 12.2. The number of rotatable bonds is 6. The van der Waals surface area contributed by atoms with Crippen LogP contribution in [-0.4, -0.2) is 25.5 Å². The lowest BCUT2D eigenvalue weighted by atomic mass is 10.1. The summed E-state index contributed by atoms with van der Waals surface area (Å²) in [5, 5.41) is 2.91. The molecule has 1 saturated heterocycles. The second kappa shape index (κ2) is 8.04. The number of methoxy groups -OCH3 is 1. The van der Waals surface area contributed by atoms with E-state index in [-0.39, 0.29) is 11.8 Å². The van der Waals surface area contributed by atoms with Crippen LogP contribution in [0.5, 0.6) is 5.75 Å². The lowest BCUT2D eigenvalue weighted by molar-refractivity contribution is -0.117. The highest BCUT2D eigenvalue weighted by molar-refractivity contribution is 5.96. The molecule has 1 fully saturated rings. The Morgan fingerprint density at radius 1 is 1.19 bits per heavy atom. The predicted octanol–water partition coefficient (Wildman–Crippen LogP) is 3.70. The number of hydrogen-bond donors (Lipinski definition) is 1. The molecule has 5 nitrogen and oxygen atoms in total. The molecule has 0 bridgehead atoms. The molecule has 0 aromatic heterocycles.